The van der Waals surface area contributed by atoms with E-state index < -0.39 is 5.54 Å². The Bertz CT molecular complexity index is 295. The Kier molecular flexibility index (Phi) is 5.17. The molecule has 0 amide bonds. The lowest BCUT2D eigenvalue weighted by atomic mass is 9.78. The van der Waals surface area contributed by atoms with Crippen molar-refractivity contribution in [3.8, 4) is 0 Å². The fourth-order valence-corrected chi connectivity index (χ4v) is 2.60. The SMILES string of the molecule is CCC(C)NC1(C(=O)OC)CCOC(C)(CC)C1. The summed E-state index contributed by atoms with van der Waals surface area (Å²) in [7, 11) is 1.46. The van der Waals surface area contributed by atoms with Crippen molar-refractivity contribution in [2.24, 2.45) is 0 Å². The summed E-state index contributed by atoms with van der Waals surface area (Å²) in [5, 5.41) is 3.47. The highest BCUT2D eigenvalue weighted by molar-refractivity contribution is 5.81. The van der Waals surface area contributed by atoms with E-state index >= 15 is 0 Å². The maximum absolute atomic E-state index is 12.2. The molecule has 1 heterocycles. The second-order valence-corrected chi connectivity index (χ2v) is 5.61. The standard InChI is InChI=1S/C14H27NO3/c1-6-11(3)15-14(12(16)17-5)8-9-18-13(4,7-2)10-14/h11,15H,6-10H2,1-5H3. The average molecular weight is 257 g/mol. The van der Waals surface area contributed by atoms with Crippen LogP contribution in [0.5, 0.6) is 0 Å². The maximum atomic E-state index is 12.2. The molecule has 1 fully saturated rings. The minimum atomic E-state index is -0.590. The van der Waals surface area contributed by atoms with E-state index in [-0.39, 0.29) is 11.6 Å². The average Bonchev–Trinajstić information content (AvgIpc) is 2.37. The molecule has 0 aromatic rings. The highest BCUT2D eigenvalue weighted by atomic mass is 16.5. The van der Waals surface area contributed by atoms with Gasteiger partial charge in [0, 0.05) is 19.1 Å². The van der Waals surface area contributed by atoms with E-state index in [1.54, 1.807) is 0 Å². The van der Waals surface area contributed by atoms with Crippen LogP contribution in [-0.2, 0) is 14.3 Å². The zero-order valence-corrected chi connectivity index (χ0v) is 12.3. The molecule has 0 radical (unpaired) electrons. The van der Waals surface area contributed by atoms with Gasteiger partial charge in [-0.25, -0.2) is 0 Å². The number of esters is 1. The van der Waals surface area contributed by atoms with Crippen molar-refractivity contribution in [1.82, 2.24) is 5.32 Å². The molecule has 1 rings (SSSR count). The van der Waals surface area contributed by atoms with E-state index in [0.717, 1.165) is 12.8 Å². The van der Waals surface area contributed by atoms with Crippen LogP contribution in [-0.4, -0.2) is 36.9 Å². The van der Waals surface area contributed by atoms with Gasteiger partial charge < -0.3 is 9.47 Å². The van der Waals surface area contributed by atoms with Crippen molar-refractivity contribution >= 4 is 5.97 Å². The summed E-state index contributed by atoms with van der Waals surface area (Å²) in [5.74, 6) is -0.161. The lowest BCUT2D eigenvalue weighted by Crippen LogP contribution is -2.62. The first-order chi connectivity index (χ1) is 8.41. The molecule has 1 aliphatic heterocycles. The lowest BCUT2D eigenvalue weighted by molar-refractivity contribution is -0.164. The van der Waals surface area contributed by atoms with Crippen molar-refractivity contribution in [2.75, 3.05) is 13.7 Å². The number of methoxy groups -OCH3 is 1. The molecule has 0 bridgehead atoms. The number of hydrogen-bond acceptors (Lipinski definition) is 4. The van der Waals surface area contributed by atoms with Crippen LogP contribution in [0.1, 0.15) is 53.4 Å². The van der Waals surface area contributed by atoms with Crippen LogP contribution < -0.4 is 5.32 Å². The topological polar surface area (TPSA) is 47.6 Å². The molecule has 0 aromatic carbocycles. The molecule has 0 aromatic heterocycles. The molecule has 1 saturated heterocycles. The second-order valence-electron chi connectivity index (χ2n) is 5.61. The van der Waals surface area contributed by atoms with Gasteiger partial charge in [0.1, 0.15) is 5.54 Å². The molecule has 4 nitrogen and oxygen atoms in total. The van der Waals surface area contributed by atoms with E-state index in [1.807, 2.05) is 0 Å². The first kappa shape index (κ1) is 15.4. The van der Waals surface area contributed by atoms with Crippen LogP contribution in [0.25, 0.3) is 0 Å². The normalized spacial score (nSPS) is 34.1. The Balaban J connectivity index is 2.93. The predicted octanol–water partition coefficient (Wildman–Crippen LogP) is 2.27. The molecule has 3 unspecified atom stereocenters. The molecule has 106 valence electrons. The van der Waals surface area contributed by atoms with E-state index in [2.05, 4.69) is 33.0 Å². The molecule has 18 heavy (non-hydrogen) atoms. The van der Waals surface area contributed by atoms with Gasteiger partial charge in [-0.1, -0.05) is 13.8 Å². The minimum absolute atomic E-state index is 0.161. The lowest BCUT2D eigenvalue weighted by Gasteiger charge is -2.45. The van der Waals surface area contributed by atoms with Gasteiger partial charge in [0.2, 0.25) is 0 Å². The Morgan fingerprint density at radius 1 is 1.50 bits per heavy atom. The Morgan fingerprint density at radius 3 is 2.67 bits per heavy atom. The highest BCUT2D eigenvalue weighted by Gasteiger charge is 2.48. The first-order valence-electron chi connectivity index (χ1n) is 6.91. The Morgan fingerprint density at radius 2 is 2.17 bits per heavy atom. The summed E-state index contributed by atoms with van der Waals surface area (Å²) in [5.41, 5.74) is -0.833. The molecular formula is C14H27NO3. The molecule has 0 saturated carbocycles. The molecule has 4 heteroatoms. The third kappa shape index (κ3) is 3.23. The Labute approximate surface area is 110 Å². The van der Waals surface area contributed by atoms with Crippen molar-refractivity contribution in [3.05, 3.63) is 0 Å². The third-order valence-corrected chi connectivity index (χ3v) is 4.11. The fourth-order valence-electron chi connectivity index (χ4n) is 2.60. The molecule has 1 N–H and O–H groups in total. The molecule has 1 aliphatic rings. The second kappa shape index (κ2) is 6.02. The van der Waals surface area contributed by atoms with Crippen LogP contribution in [0.4, 0.5) is 0 Å². The summed E-state index contributed by atoms with van der Waals surface area (Å²) in [6.07, 6.45) is 3.24. The van der Waals surface area contributed by atoms with E-state index in [4.69, 9.17) is 9.47 Å². The van der Waals surface area contributed by atoms with E-state index in [0.29, 0.717) is 25.5 Å². The molecule has 0 aliphatic carbocycles. The van der Waals surface area contributed by atoms with Crippen molar-refractivity contribution < 1.29 is 14.3 Å². The number of hydrogen-bond donors (Lipinski definition) is 1. The van der Waals surface area contributed by atoms with E-state index in [1.165, 1.54) is 7.11 Å². The number of ether oxygens (including phenoxy) is 2. The monoisotopic (exact) mass is 257 g/mol. The van der Waals surface area contributed by atoms with Gasteiger partial charge in [-0.15, -0.1) is 0 Å². The smallest absolute Gasteiger partial charge is 0.326 e. The van der Waals surface area contributed by atoms with E-state index in [9.17, 15) is 4.79 Å². The third-order valence-electron chi connectivity index (χ3n) is 4.11. The zero-order valence-electron chi connectivity index (χ0n) is 12.3. The Hall–Kier alpha value is -0.610. The van der Waals surface area contributed by atoms with Crippen molar-refractivity contribution in [3.63, 3.8) is 0 Å². The molecular weight excluding hydrogens is 230 g/mol. The molecule has 0 spiro atoms. The van der Waals surface area contributed by atoms with Crippen LogP contribution in [0.15, 0.2) is 0 Å². The van der Waals surface area contributed by atoms with Crippen LogP contribution >= 0.6 is 0 Å². The first-order valence-corrected chi connectivity index (χ1v) is 6.91. The maximum Gasteiger partial charge on any atom is 0.326 e. The minimum Gasteiger partial charge on any atom is -0.468 e. The summed E-state index contributed by atoms with van der Waals surface area (Å²) < 4.78 is 10.9. The predicted molar refractivity (Wildman–Crippen MR) is 71.5 cm³/mol. The van der Waals surface area contributed by atoms with Gasteiger partial charge in [-0.2, -0.15) is 0 Å². The summed E-state index contributed by atoms with van der Waals surface area (Å²) >= 11 is 0. The van der Waals surface area contributed by atoms with Gasteiger partial charge in [0.25, 0.3) is 0 Å². The summed E-state index contributed by atoms with van der Waals surface area (Å²) in [6.45, 7) is 8.98. The summed E-state index contributed by atoms with van der Waals surface area (Å²) in [4.78, 5) is 12.2. The summed E-state index contributed by atoms with van der Waals surface area (Å²) in [6, 6.07) is 0.295. The number of carbonyl (C=O) groups is 1. The quantitative estimate of drug-likeness (QED) is 0.768. The van der Waals surface area contributed by atoms with Crippen LogP contribution in [0.3, 0.4) is 0 Å². The largest absolute Gasteiger partial charge is 0.468 e. The molecule has 3 atom stereocenters. The van der Waals surface area contributed by atoms with Gasteiger partial charge in [-0.05, 0) is 33.1 Å². The number of rotatable bonds is 5. The number of nitrogens with one attached hydrogen (secondary N) is 1. The van der Waals surface area contributed by atoms with Gasteiger partial charge in [-0.3, -0.25) is 10.1 Å². The zero-order chi connectivity index (χ0) is 13.8. The van der Waals surface area contributed by atoms with Gasteiger partial charge in [0.05, 0.1) is 12.7 Å². The highest BCUT2D eigenvalue weighted by Crippen LogP contribution is 2.35. The van der Waals surface area contributed by atoms with Gasteiger partial charge in [0.15, 0.2) is 0 Å². The fraction of sp³-hybridized carbons (Fsp3) is 0.929. The van der Waals surface area contributed by atoms with Crippen LogP contribution in [0, 0.1) is 0 Å². The van der Waals surface area contributed by atoms with Crippen LogP contribution in [0.2, 0.25) is 0 Å². The number of carbonyl (C=O) groups excluding carboxylic acids is 1. The van der Waals surface area contributed by atoms with Crippen molar-refractivity contribution in [2.45, 2.75) is 70.6 Å². The van der Waals surface area contributed by atoms with Crippen molar-refractivity contribution in [1.29, 1.82) is 0 Å². The van der Waals surface area contributed by atoms with Gasteiger partial charge >= 0.3 is 5.97 Å².